The van der Waals surface area contributed by atoms with Crippen molar-refractivity contribution in [2.24, 2.45) is 0 Å². The smallest absolute Gasteiger partial charge is 0.116 e. The quantitative estimate of drug-likeness (QED) is 0.519. The fourth-order valence-corrected chi connectivity index (χ4v) is 2.70. The minimum absolute atomic E-state index is 0.279. The Balaban J connectivity index is 2.33. The van der Waals surface area contributed by atoms with Crippen LogP contribution in [0.3, 0.4) is 0 Å². The summed E-state index contributed by atoms with van der Waals surface area (Å²) in [4.78, 5) is 0.942. The van der Waals surface area contributed by atoms with Crippen LogP contribution in [0.1, 0.15) is 18.9 Å². The summed E-state index contributed by atoms with van der Waals surface area (Å²) in [5.41, 5.74) is 3.37. The lowest BCUT2D eigenvalue weighted by molar-refractivity contribution is 0.476. The predicted molar refractivity (Wildman–Crippen MR) is 93.0 cm³/mol. The molecule has 0 aliphatic heterocycles. The SMILES string of the molecule is CCC(=S)c1cc(-c2ccccc2)c2ccc(O)cc2c1. The molecular formula is C19H16OS. The lowest BCUT2D eigenvalue weighted by Crippen LogP contribution is -1.96. The van der Waals surface area contributed by atoms with Gasteiger partial charge in [0.25, 0.3) is 0 Å². The predicted octanol–water partition coefficient (Wildman–Crippen LogP) is 5.34. The molecule has 3 rings (SSSR count). The topological polar surface area (TPSA) is 20.2 Å². The molecule has 0 saturated carbocycles. The molecule has 3 aromatic carbocycles. The lowest BCUT2D eigenvalue weighted by Gasteiger charge is -2.11. The molecule has 104 valence electrons. The Kier molecular flexibility index (Phi) is 3.72. The van der Waals surface area contributed by atoms with E-state index in [1.165, 1.54) is 0 Å². The molecule has 0 bridgehead atoms. The Bertz CT molecular complexity index is 806. The van der Waals surface area contributed by atoms with Crippen LogP contribution in [0.2, 0.25) is 0 Å². The maximum absolute atomic E-state index is 9.75. The summed E-state index contributed by atoms with van der Waals surface area (Å²) in [5, 5.41) is 11.9. The van der Waals surface area contributed by atoms with E-state index < -0.39 is 0 Å². The van der Waals surface area contributed by atoms with Crippen LogP contribution in [0.4, 0.5) is 0 Å². The maximum atomic E-state index is 9.75. The highest BCUT2D eigenvalue weighted by Crippen LogP contribution is 2.32. The van der Waals surface area contributed by atoms with Gasteiger partial charge in [-0.15, -0.1) is 0 Å². The Labute approximate surface area is 129 Å². The molecule has 3 aromatic rings. The fourth-order valence-electron chi connectivity index (χ4n) is 2.58. The molecule has 2 heteroatoms. The summed E-state index contributed by atoms with van der Waals surface area (Å²) in [6.45, 7) is 2.07. The Morgan fingerprint density at radius 3 is 2.48 bits per heavy atom. The first-order chi connectivity index (χ1) is 10.2. The number of phenols is 1. The molecule has 1 N–H and O–H groups in total. The highest BCUT2D eigenvalue weighted by molar-refractivity contribution is 7.80. The third-order valence-electron chi connectivity index (χ3n) is 3.66. The van der Waals surface area contributed by atoms with E-state index in [0.29, 0.717) is 0 Å². The van der Waals surface area contributed by atoms with Crippen molar-refractivity contribution in [3.63, 3.8) is 0 Å². The van der Waals surface area contributed by atoms with Crippen molar-refractivity contribution < 1.29 is 5.11 Å². The first kappa shape index (κ1) is 13.8. The van der Waals surface area contributed by atoms with E-state index in [1.54, 1.807) is 12.1 Å². The second-order valence-electron chi connectivity index (χ2n) is 5.07. The standard InChI is InChI=1S/C19H16OS/c1-2-19(21)15-10-14-11-16(20)8-9-17(14)18(12-15)13-6-4-3-5-7-13/h3-12,20H,2H2,1H3. The molecule has 0 amide bonds. The monoisotopic (exact) mass is 292 g/mol. The molecule has 0 spiro atoms. The number of thiocarbonyl (C=S) groups is 1. The average Bonchev–Trinajstić information content (AvgIpc) is 2.53. The van der Waals surface area contributed by atoms with Crippen LogP contribution in [0.15, 0.2) is 60.7 Å². The van der Waals surface area contributed by atoms with Crippen molar-refractivity contribution in [3.05, 3.63) is 66.2 Å². The molecule has 0 aliphatic carbocycles. The van der Waals surface area contributed by atoms with Gasteiger partial charge < -0.3 is 5.11 Å². The van der Waals surface area contributed by atoms with Crippen LogP contribution >= 0.6 is 12.2 Å². The molecule has 0 atom stereocenters. The zero-order chi connectivity index (χ0) is 14.8. The van der Waals surface area contributed by atoms with Crippen molar-refractivity contribution in [1.29, 1.82) is 0 Å². The third-order valence-corrected chi connectivity index (χ3v) is 4.19. The zero-order valence-corrected chi connectivity index (χ0v) is 12.7. The van der Waals surface area contributed by atoms with Gasteiger partial charge in [0, 0.05) is 4.86 Å². The second-order valence-corrected chi connectivity index (χ2v) is 5.56. The number of hydrogen-bond acceptors (Lipinski definition) is 2. The van der Waals surface area contributed by atoms with E-state index in [-0.39, 0.29) is 5.75 Å². The Morgan fingerprint density at radius 2 is 1.76 bits per heavy atom. The first-order valence-electron chi connectivity index (χ1n) is 7.04. The highest BCUT2D eigenvalue weighted by atomic mass is 32.1. The summed E-state index contributed by atoms with van der Waals surface area (Å²) >= 11 is 5.46. The molecule has 0 fully saturated rings. The molecule has 1 nitrogen and oxygen atoms in total. The second kappa shape index (κ2) is 5.66. The molecular weight excluding hydrogens is 276 g/mol. The van der Waals surface area contributed by atoms with Crippen LogP contribution in [-0.2, 0) is 0 Å². The van der Waals surface area contributed by atoms with Gasteiger partial charge in [0.15, 0.2) is 0 Å². The van der Waals surface area contributed by atoms with Gasteiger partial charge in [-0.1, -0.05) is 55.5 Å². The molecule has 0 aliphatic rings. The summed E-state index contributed by atoms with van der Waals surface area (Å²) in [6, 6.07) is 20.0. The van der Waals surface area contributed by atoms with Gasteiger partial charge >= 0.3 is 0 Å². The van der Waals surface area contributed by atoms with Gasteiger partial charge in [-0.3, -0.25) is 0 Å². The van der Waals surface area contributed by atoms with Gasteiger partial charge in [-0.05, 0) is 58.1 Å². The van der Waals surface area contributed by atoms with Crippen molar-refractivity contribution in [2.75, 3.05) is 0 Å². The van der Waals surface area contributed by atoms with Crippen LogP contribution in [-0.4, -0.2) is 9.97 Å². The van der Waals surface area contributed by atoms with Crippen LogP contribution in [0, 0.1) is 0 Å². The molecule has 0 unspecified atom stereocenters. The zero-order valence-electron chi connectivity index (χ0n) is 11.8. The van der Waals surface area contributed by atoms with Crippen molar-refractivity contribution in [1.82, 2.24) is 0 Å². The molecule has 0 heterocycles. The Hall–Kier alpha value is -2.19. The van der Waals surface area contributed by atoms with Crippen molar-refractivity contribution in [2.45, 2.75) is 13.3 Å². The average molecular weight is 292 g/mol. The summed E-state index contributed by atoms with van der Waals surface area (Å²) in [5.74, 6) is 0.279. The van der Waals surface area contributed by atoms with E-state index in [9.17, 15) is 5.11 Å². The molecule has 0 saturated heterocycles. The van der Waals surface area contributed by atoms with E-state index in [1.807, 2.05) is 24.3 Å². The number of aromatic hydroxyl groups is 1. The van der Waals surface area contributed by atoms with Gasteiger partial charge in [-0.25, -0.2) is 0 Å². The van der Waals surface area contributed by atoms with E-state index in [4.69, 9.17) is 12.2 Å². The normalized spacial score (nSPS) is 10.7. The number of hydrogen-bond donors (Lipinski definition) is 1. The van der Waals surface area contributed by atoms with Gasteiger partial charge in [-0.2, -0.15) is 0 Å². The summed E-state index contributed by atoms with van der Waals surface area (Å²) in [6.07, 6.45) is 0.841. The van der Waals surface area contributed by atoms with E-state index >= 15 is 0 Å². The largest absolute Gasteiger partial charge is 0.508 e. The molecule has 21 heavy (non-hydrogen) atoms. The minimum Gasteiger partial charge on any atom is -0.508 e. The molecule has 0 aromatic heterocycles. The lowest BCUT2D eigenvalue weighted by atomic mass is 9.94. The highest BCUT2D eigenvalue weighted by Gasteiger charge is 2.09. The summed E-state index contributed by atoms with van der Waals surface area (Å²) in [7, 11) is 0. The number of phenolic OH excluding ortho intramolecular Hbond substituents is 1. The number of fused-ring (bicyclic) bond motifs is 1. The first-order valence-corrected chi connectivity index (χ1v) is 7.45. The van der Waals surface area contributed by atoms with E-state index in [0.717, 1.165) is 38.7 Å². The van der Waals surface area contributed by atoms with Gasteiger partial charge in [0.2, 0.25) is 0 Å². The van der Waals surface area contributed by atoms with Crippen LogP contribution in [0.5, 0.6) is 5.75 Å². The van der Waals surface area contributed by atoms with Crippen molar-refractivity contribution >= 4 is 27.9 Å². The van der Waals surface area contributed by atoms with Crippen molar-refractivity contribution in [3.8, 4) is 16.9 Å². The third kappa shape index (κ3) is 2.67. The fraction of sp³-hybridized carbons (Fsp3) is 0.105. The number of rotatable bonds is 3. The minimum atomic E-state index is 0.279. The maximum Gasteiger partial charge on any atom is 0.116 e. The van der Waals surface area contributed by atoms with Crippen LogP contribution in [0.25, 0.3) is 21.9 Å². The molecule has 0 radical (unpaired) electrons. The summed E-state index contributed by atoms with van der Waals surface area (Å²) < 4.78 is 0. The van der Waals surface area contributed by atoms with E-state index in [2.05, 4.69) is 31.2 Å². The van der Waals surface area contributed by atoms with Gasteiger partial charge in [0.1, 0.15) is 5.75 Å². The van der Waals surface area contributed by atoms with Crippen LogP contribution < -0.4 is 0 Å². The Morgan fingerprint density at radius 1 is 1.00 bits per heavy atom. The van der Waals surface area contributed by atoms with Gasteiger partial charge in [0.05, 0.1) is 0 Å². The number of benzene rings is 3.